The topological polar surface area (TPSA) is 69.7 Å². The van der Waals surface area contributed by atoms with Crippen LogP contribution in [0.4, 0.5) is 20.6 Å². The average Bonchev–Trinajstić information content (AvgIpc) is 3.03. The number of para-hydroxylation sites is 1. The molecule has 2 aliphatic rings. The van der Waals surface area contributed by atoms with Crippen LogP contribution in [-0.2, 0) is 9.59 Å². The third-order valence-corrected chi connectivity index (χ3v) is 7.61. The summed E-state index contributed by atoms with van der Waals surface area (Å²) >= 11 is 0.814. The predicted molar refractivity (Wildman–Crippen MR) is 139 cm³/mol. The number of anilines is 2. The van der Waals surface area contributed by atoms with Crippen LogP contribution < -0.4 is 10.2 Å². The predicted octanol–water partition coefficient (Wildman–Crippen LogP) is 5.92. The highest BCUT2D eigenvalue weighted by molar-refractivity contribution is 8.18. The molecule has 8 heteroatoms. The van der Waals surface area contributed by atoms with Crippen LogP contribution in [0, 0.1) is 12.7 Å². The molecule has 0 radical (unpaired) electrons. The highest BCUT2D eigenvalue weighted by atomic mass is 32.2. The summed E-state index contributed by atoms with van der Waals surface area (Å²) in [5.74, 6) is -1.39. The second-order valence-corrected chi connectivity index (χ2v) is 10.7. The molecule has 2 heterocycles. The Kier molecular flexibility index (Phi) is 6.77. The van der Waals surface area contributed by atoms with Crippen molar-refractivity contribution in [3.8, 4) is 0 Å². The summed E-state index contributed by atoms with van der Waals surface area (Å²) in [7, 11) is 0. The summed E-state index contributed by atoms with van der Waals surface area (Å²) in [6.45, 7) is 11.3. The van der Waals surface area contributed by atoms with Gasteiger partial charge in [0, 0.05) is 17.8 Å². The number of benzene rings is 2. The second kappa shape index (κ2) is 9.49. The first-order chi connectivity index (χ1) is 16.5. The summed E-state index contributed by atoms with van der Waals surface area (Å²) in [5, 5.41) is 1.89. The SMILES string of the molecule is CCN1c2cc(C)c(/C=C3\SC(=O)N(CC(=O)Nc4ccccc4F)C3=O)cc2C(C)CC1(C)C. The van der Waals surface area contributed by atoms with Gasteiger partial charge in [0.15, 0.2) is 0 Å². The summed E-state index contributed by atoms with van der Waals surface area (Å²) in [4.78, 5) is 41.5. The number of imide groups is 1. The number of hydrogen-bond donors (Lipinski definition) is 1. The lowest BCUT2D eigenvalue weighted by Gasteiger charge is -2.47. The summed E-state index contributed by atoms with van der Waals surface area (Å²) < 4.78 is 13.8. The summed E-state index contributed by atoms with van der Waals surface area (Å²) in [5.41, 5.74) is 4.39. The third kappa shape index (κ3) is 4.85. The standard InChI is InChI=1S/C27H30FN3O3S/c1-6-31-22-11-16(2)18(12-19(22)17(3)14-27(31,4)5)13-23-25(33)30(26(34)35-23)15-24(32)29-21-10-8-7-9-20(21)28/h7-13,17H,6,14-15H2,1-5H3,(H,29,32)/b23-13-. The number of carbonyl (C=O) groups excluding carboxylic acids is 3. The molecule has 0 aromatic heterocycles. The first-order valence-electron chi connectivity index (χ1n) is 11.7. The maximum atomic E-state index is 13.8. The smallest absolute Gasteiger partial charge is 0.294 e. The highest BCUT2D eigenvalue weighted by Gasteiger charge is 2.38. The van der Waals surface area contributed by atoms with Gasteiger partial charge in [0.05, 0.1) is 10.6 Å². The Balaban J connectivity index is 1.56. The third-order valence-electron chi connectivity index (χ3n) is 6.70. The van der Waals surface area contributed by atoms with Crippen LogP contribution in [0.3, 0.4) is 0 Å². The molecule has 1 atom stereocenters. The van der Waals surface area contributed by atoms with Crippen LogP contribution in [0.1, 0.15) is 56.7 Å². The summed E-state index contributed by atoms with van der Waals surface area (Å²) in [6, 6.07) is 10.0. The maximum absolute atomic E-state index is 13.8. The van der Waals surface area contributed by atoms with Gasteiger partial charge in [-0.05, 0) is 98.8 Å². The Bertz CT molecular complexity index is 1240. The lowest BCUT2D eigenvalue weighted by Crippen LogP contribution is -2.48. The van der Waals surface area contributed by atoms with Crippen molar-refractivity contribution >= 4 is 46.3 Å². The van der Waals surface area contributed by atoms with Gasteiger partial charge in [0.25, 0.3) is 11.1 Å². The number of carbonyl (C=O) groups is 3. The van der Waals surface area contributed by atoms with Crippen molar-refractivity contribution in [2.45, 2.75) is 52.5 Å². The Hall–Kier alpha value is -3.13. The van der Waals surface area contributed by atoms with Gasteiger partial charge < -0.3 is 10.2 Å². The number of hydrogen-bond acceptors (Lipinski definition) is 5. The molecule has 3 amide bonds. The molecule has 1 N–H and O–H groups in total. The van der Waals surface area contributed by atoms with E-state index in [9.17, 15) is 18.8 Å². The number of thioether (sulfide) groups is 1. The van der Waals surface area contributed by atoms with E-state index in [0.717, 1.165) is 40.8 Å². The van der Waals surface area contributed by atoms with Gasteiger partial charge in [0.1, 0.15) is 12.4 Å². The van der Waals surface area contributed by atoms with Gasteiger partial charge in [-0.2, -0.15) is 0 Å². The second-order valence-electron chi connectivity index (χ2n) is 9.73. The summed E-state index contributed by atoms with van der Waals surface area (Å²) in [6.07, 6.45) is 2.75. The molecule has 0 aliphatic carbocycles. The number of halogens is 1. The van der Waals surface area contributed by atoms with Crippen LogP contribution in [0.15, 0.2) is 41.3 Å². The molecule has 0 spiro atoms. The van der Waals surface area contributed by atoms with Crippen LogP contribution >= 0.6 is 11.8 Å². The minimum Gasteiger partial charge on any atom is -0.366 e. The number of nitrogens with one attached hydrogen (secondary N) is 1. The number of rotatable bonds is 5. The van der Waals surface area contributed by atoms with Gasteiger partial charge in [-0.25, -0.2) is 4.39 Å². The normalized spacial score (nSPS) is 20.4. The van der Waals surface area contributed by atoms with Crippen molar-refractivity contribution in [3.63, 3.8) is 0 Å². The number of fused-ring (bicyclic) bond motifs is 1. The molecule has 2 aromatic rings. The van der Waals surface area contributed by atoms with Crippen molar-refractivity contribution in [1.29, 1.82) is 0 Å². The van der Waals surface area contributed by atoms with E-state index >= 15 is 0 Å². The molecule has 0 saturated carbocycles. The van der Waals surface area contributed by atoms with Crippen LogP contribution in [0.5, 0.6) is 0 Å². The van der Waals surface area contributed by atoms with Crippen molar-refractivity contribution in [3.05, 3.63) is 63.8 Å². The van der Waals surface area contributed by atoms with Crippen LogP contribution in [-0.4, -0.2) is 40.6 Å². The van der Waals surface area contributed by atoms with Crippen molar-refractivity contribution in [1.82, 2.24) is 4.90 Å². The fraction of sp³-hybridized carbons (Fsp3) is 0.370. The zero-order chi connectivity index (χ0) is 25.5. The van der Waals surface area contributed by atoms with E-state index in [4.69, 9.17) is 0 Å². The van der Waals surface area contributed by atoms with Crippen molar-refractivity contribution in [2.75, 3.05) is 23.3 Å². The van der Waals surface area contributed by atoms with E-state index in [0.29, 0.717) is 5.92 Å². The lowest BCUT2D eigenvalue weighted by molar-refractivity contribution is -0.127. The van der Waals surface area contributed by atoms with E-state index in [2.05, 4.69) is 50.0 Å². The van der Waals surface area contributed by atoms with E-state index in [1.807, 2.05) is 6.92 Å². The number of amides is 3. The number of nitrogens with zero attached hydrogens (tertiary/aromatic N) is 2. The molecule has 2 aliphatic heterocycles. The molecule has 35 heavy (non-hydrogen) atoms. The fourth-order valence-corrected chi connectivity index (χ4v) is 5.91. The Morgan fingerprint density at radius 2 is 1.97 bits per heavy atom. The Labute approximate surface area is 209 Å². The van der Waals surface area contributed by atoms with Crippen LogP contribution in [0.25, 0.3) is 6.08 Å². The molecule has 4 rings (SSSR count). The van der Waals surface area contributed by atoms with Crippen molar-refractivity contribution in [2.24, 2.45) is 0 Å². The van der Waals surface area contributed by atoms with Gasteiger partial charge in [-0.15, -0.1) is 0 Å². The molecule has 1 saturated heterocycles. The molecule has 184 valence electrons. The van der Waals surface area contributed by atoms with Crippen molar-refractivity contribution < 1.29 is 18.8 Å². The van der Waals surface area contributed by atoms with E-state index < -0.39 is 29.4 Å². The van der Waals surface area contributed by atoms with E-state index in [1.54, 1.807) is 12.1 Å². The van der Waals surface area contributed by atoms with Gasteiger partial charge in [-0.3, -0.25) is 19.3 Å². The molecule has 6 nitrogen and oxygen atoms in total. The fourth-order valence-electron chi connectivity index (χ4n) is 5.08. The molecule has 1 fully saturated rings. The molecule has 1 unspecified atom stereocenters. The highest BCUT2D eigenvalue weighted by Crippen LogP contribution is 2.45. The molecular formula is C27H30FN3O3S. The zero-order valence-corrected chi connectivity index (χ0v) is 21.5. The molecular weight excluding hydrogens is 465 g/mol. The Morgan fingerprint density at radius 3 is 2.66 bits per heavy atom. The average molecular weight is 496 g/mol. The molecule has 2 aromatic carbocycles. The lowest BCUT2D eigenvalue weighted by atomic mass is 9.79. The minimum absolute atomic E-state index is 0.00289. The first kappa shape index (κ1) is 25.0. The Morgan fingerprint density at radius 1 is 1.26 bits per heavy atom. The van der Waals surface area contributed by atoms with E-state index in [1.165, 1.54) is 29.4 Å². The monoisotopic (exact) mass is 495 g/mol. The van der Waals surface area contributed by atoms with Gasteiger partial charge in [-0.1, -0.05) is 19.1 Å². The zero-order valence-electron chi connectivity index (χ0n) is 20.6. The van der Waals surface area contributed by atoms with E-state index in [-0.39, 0.29) is 16.1 Å². The number of aryl methyl sites for hydroxylation is 1. The van der Waals surface area contributed by atoms with Gasteiger partial charge in [0.2, 0.25) is 5.91 Å². The minimum atomic E-state index is -0.639. The first-order valence-corrected chi connectivity index (χ1v) is 12.6. The molecule has 0 bridgehead atoms. The maximum Gasteiger partial charge on any atom is 0.294 e. The quantitative estimate of drug-likeness (QED) is 0.522. The largest absolute Gasteiger partial charge is 0.366 e. The van der Waals surface area contributed by atoms with Crippen LogP contribution in [0.2, 0.25) is 0 Å². The van der Waals surface area contributed by atoms with Gasteiger partial charge >= 0.3 is 0 Å².